The van der Waals surface area contributed by atoms with Crippen molar-refractivity contribution in [3.05, 3.63) is 80.8 Å². The summed E-state index contributed by atoms with van der Waals surface area (Å²) in [5.41, 5.74) is 1.54. The maximum Gasteiger partial charge on any atom is 0.299 e. The fourth-order valence-corrected chi connectivity index (χ4v) is 2.16. The molecule has 0 aliphatic carbocycles. The van der Waals surface area contributed by atoms with E-state index in [0.717, 1.165) is 0 Å². The minimum absolute atomic E-state index is 0.0294. The Hall–Kier alpha value is -3.55. The molecule has 0 radical (unpaired) electrons. The van der Waals surface area contributed by atoms with Gasteiger partial charge in [0.15, 0.2) is 5.69 Å². The minimum Gasteiger partial charge on any atom is -0.293 e. The first kappa shape index (κ1) is 15.3. The van der Waals surface area contributed by atoms with E-state index in [1.165, 1.54) is 28.9 Å². The van der Waals surface area contributed by atoms with Crippen molar-refractivity contribution < 1.29 is 4.92 Å². The van der Waals surface area contributed by atoms with Crippen LogP contribution in [0.2, 0.25) is 0 Å². The highest BCUT2D eigenvalue weighted by atomic mass is 16.6. The number of nitrogens with one attached hydrogen (secondary N) is 1. The Balaban J connectivity index is 1.92. The molecule has 0 aliphatic rings. The van der Waals surface area contributed by atoms with Crippen molar-refractivity contribution in [1.29, 1.82) is 0 Å². The molecule has 0 saturated heterocycles. The van der Waals surface area contributed by atoms with E-state index in [2.05, 4.69) is 15.3 Å². The van der Waals surface area contributed by atoms with E-state index < -0.39 is 4.92 Å². The van der Waals surface area contributed by atoms with Gasteiger partial charge in [-0.05, 0) is 31.2 Å². The molecule has 120 valence electrons. The fraction of sp³-hybridized carbons (Fsp3) is 0.0625. The van der Waals surface area contributed by atoms with Crippen LogP contribution < -0.4 is 5.56 Å². The summed E-state index contributed by atoms with van der Waals surface area (Å²) >= 11 is 0. The number of H-pyrrole nitrogens is 1. The van der Waals surface area contributed by atoms with Crippen molar-refractivity contribution in [1.82, 2.24) is 9.78 Å². The number of nitro benzene ring substituents is 1. The number of nitro groups is 1. The van der Waals surface area contributed by atoms with Crippen LogP contribution in [0.4, 0.5) is 17.1 Å². The Kier molecular flexibility index (Phi) is 4.02. The zero-order valence-electron chi connectivity index (χ0n) is 12.7. The normalized spacial score (nSPS) is 11.0. The summed E-state index contributed by atoms with van der Waals surface area (Å²) < 4.78 is 1.39. The molecule has 1 heterocycles. The van der Waals surface area contributed by atoms with Crippen molar-refractivity contribution >= 4 is 17.1 Å². The molecule has 0 saturated carbocycles. The molecule has 8 heteroatoms. The predicted octanol–water partition coefficient (Wildman–Crippen LogP) is 3.80. The minimum atomic E-state index is -0.490. The quantitative estimate of drug-likeness (QED) is 0.448. The highest BCUT2D eigenvalue weighted by Crippen LogP contribution is 2.21. The van der Waals surface area contributed by atoms with Gasteiger partial charge >= 0.3 is 0 Å². The van der Waals surface area contributed by atoms with Crippen molar-refractivity contribution in [3.63, 3.8) is 0 Å². The highest BCUT2D eigenvalue weighted by molar-refractivity contribution is 5.46. The van der Waals surface area contributed by atoms with Crippen molar-refractivity contribution in [2.24, 2.45) is 10.2 Å². The van der Waals surface area contributed by atoms with Crippen LogP contribution >= 0.6 is 0 Å². The van der Waals surface area contributed by atoms with Gasteiger partial charge in [-0.15, -0.1) is 5.11 Å². The highest BCUT2D eigenvalue weighted by Gasteiger charge is 2.12. The van der Waals surface area contributed by atoms with Crippen LogP contribution in [0.1, 0.15) is 5.69 Å². The van der Waals surface area contributed by atoms with Gasteiger partial charge in [0, 0.05) is 12.1 Å². The molecule has 8 nitrogen and oxygen atoms in total. The molecular weight excluding hydrogens is 310 g/mol. The number of azo groups is 1. The van der Waals surface area contributed by atoms with E-state index in [0.29, 0.717) is 17.1 Å². The number of aromatic nitrogens is 2. The Labute approximate surface area is 136 Å². The number of para-hydroxylation sites is 1. The molecule has 3 aromatic rings. The number of aromatic amines is 1. The molecule has 0 fully saturated rings. The van der Waals surface area contributed by atoms with Gasteiger partial charge in [-0.25, -0.2) is 4.68 Å². The van der Waals surface area contributed by atoms with Crippen LogP contribution in [0.25, 0.3) is 5.69 Å². The second-order valence-electron chi connectivity index (χ2n) is 5.04. The summed E-state index contributed by atoms with van der Waals surface area (Å²) in [4.78, 5) is 22.6. The molecule has 2 aromatic carbocycles. The van der Waals surface area contributed by atoms with Gasteiger partial charge < -0.3 is 0 Å². The predicted molar refractivity (Wildman–Crippen MR) is 88.4 cm³/mol. The van der Waals surface area contributed by atoms with Crippen LogP contribution in [0.5, 0.6) is 0 Å². The maximum absolute atomic E-state index is 12.4. The molecule has 0 unspecified atom stereocenters. The fourth-order valence-electron chi connectivity index (χ4n) is 2.16. The lowest BCUT2D eigenvalue weighted by atomic mass is 10.3. The molecule has 3 rings (SSSR count). The Morgan fingerprint density at radius 2 is 1.71 bits per heavy atom. The van der Waals surface area contributed by atoms with Crippen LogP contribution in [0.15, 0.2) is 69.6 Å². The SMILES string of the molecule is Cc1[nH]n(-c2ccccc2)c(=O)c1N=Nc1ccc([N+](=O)[O-])cc1. The molecule has 0 spiro atoms. The Morgan fingerprint density at radius 3 is 2.33 bits per heavy atom. The van der Waals surface area contributed by atoms with E-state index in [9.17, 15) is 14.9 Å². The van der Waals surface area contributed by atoms with Crippen LogP contribution in [0.3, 0.4) is 0 Å². The summed E-state index contributed by atoms with van der Waals surface area (Å²) in [5, 5.41) is 21.5. The summed E-state index contributed by atoms with van der Waals surface area (Å²) in [6, 6.07) is 14.7. The molecule has 1 N–H and O–H groups in total. The smallest absolute Gasteiger partial charge is 0.293 e. The van der Waals surface area contributed by atoms with E-state index in [1.54, 1.807) is 19.1 Å². The number of nitrogens with zero attached hydrogens (tertiary/aromatic N) is 4. The molecule has 24 heavy (non-hydrogen) atoms. The largest absolute Gasteiger partial charge is 0.299 e. The van der Waals surface area contributed by atoms with Gasteiger partial charge in [0.05, 0.1) is 22.0 Å². The van der Waals surface area contributed by atoms with Gasteiger partial charge in [-0.3, -0.25) is 20.0 Å². The van der Waals surface area contributed by atoms with Crippen molar-refractivity contribution in [3.8, 4) is 5.69 Å². The Morgan fingerprint density at radius 1 is 1.04 bits per heavy atom. The number of benzene rings is 2. The summed E-state index contributed by atoms with van der Waals surface area (Å²) in [7, 11) is 0. The van der Waals surface area contributed by atoms with Crippen LogP contribution in [-0.4, -0.2) is 14.7 Å². The first-order valence-corrected chi connectivity index (χ1v) is 7.09. The van der Waals surface area contributed by atoms with Gasteiger partial charge in [0.2, 0.25) is 0 Å². The topological polar surface area (TPSA) is 106 Å². The van der Waals surface area contributed by atoms with Gasteiger partial charge in [-0.2, -0.15) is 5.11 Å². The standard InChI is InChI=1S/C16H13N5O3/c1-11-15(16(22)20(19-11)13-5-3-2-4-6-13)18-17-12-7-9-14(10-8-12)21(23)24/h2-10,19H,1H3. The third-order valence-electron chi connectivity index (χ3n) is 3.38. The third-order valence-corrected chi connectivity index (χ3v) is 3.38. The average Bonchev–Trinajstić information content (AvgIpc) is 2.88. The number of non-ortho nitro benzene ring substituents is 1. The summed E-state index contributed by atoms with van der Waals surface area (Å²) in [6.45, 7) is 1.73. The molecule has 1 aromatic heterocycles. The van der Waals surface area contributed by atoms with E-state index in [1.807, 2.05) is 18.2 Å². The van der Waals surface area contributed by atoms with Crippen LogP contribution in [0, 0.1) is 17.0 Å². The molecule has 0 bridgehead atoms. The van der Waals surface area contributed by atoms with Crippen LogP contribution in [-0.2, 0) is 0 Å². The van der Waals surface area contributed by atoms with E-state index in [-0.39, 0.29) is 16.9 Å². The third kappa shape index (κ3) is 2.98. The lowest BCUT2D eigenvalue weighted by Crippen LogP contribution is -2.13. The lowest BCUT2D eigenvalue weighted by molar-refractivity contribution is -0.384. The second-order valence-corrected chi connectivity index (χ2v) is 5.04. The number of rotatable bonds is 4. The molecule has 0 amide bonds. The van der Waals surface area contributed by atoms with E-state index >= 15 is 0 Å². The number of hydrogen-bond acceptors (Lipinski definition) is 5. The first-order valence-electron chi connectivity index (χ1n) is 7.09. The van der Waals surface area contributed by atoms with Gasteiger partial charge in [0.1, 0.15) is 0 Å². The molecular formula is C16H13N5O3. The van der Waals surface area contributed by atoms with Crippen molar-refractivity contribution in [2.45, 2.75) is 6.92 Å². The first-order chi connectivity index (χ1) is 11.6. The molecule has 0 aliphatic heterocycles. The van der Waals surface area contributed by atoms with Gasteiger partial charge in [-0.1, -0.05) is 18.2 Å². The monoisotopic (exact) mass is 323 g/mol. The number of hydrogen-bond donors (Lipinski definition) is 1. The van der Waals surface area contributed by atoms with E-state index in [4.69, 9.17) is 0 Å². The maximum atomic E-state index is 12.4. The summed E-state index contributed by atoms with van der Waals surface area (Å²) in [6.07, 6.45) is 0. The Bertz CT molecular complexity index is 956. The zero-order chi connectivity index (χ0) is 17.1. The summed E-state index contributed by atoms with van der Waals surface area (Å²) in [5.74, 6) is 0. The van der Waals surface area contributed by atoms with Gasteiger partial charge in [0.25, 0.3) is 11.2 Å². The lowest BCUT2D eigenvalue weighted by Gasteiger charge is -1.99. The zero-order valence-corrected chi connectivity index (χ0v) is 12.7. The average molecular weight is 323 g/mol. The number of aryl methyl sites for hydroxylation is 1. The van der Waals surface area contributed by atoms with Crippen molar-refractivity contribution in [2.75, 3.05) is 0 Å². The molecule has 0 atom stereocenters. The second kappa shape index (κ2) is 6.29.